The number of carbonyl (C=O) groups excluding carboxylic acids is 1. The highest BCUT2D eigenvalue weighted by atomic mass is 79.9. The first-order valence-corrected chi connectivity index (χ1v) is 10.7. The van der Waals surface area contributed by atoms with E-state index >= 15 is 0 Å². The van der Waals surface area contributed by atoms with Crippen LogP contribution in [-0.4, -0.2) is 5.78 Å². The van der Waals surface area contributed by atoms with Gasteiger partial charge in [0, 0.05) is 11.1 Å². The zero-order valence-corrected chi connectivity index (χ0v) is 18.0. The number of rotatable bonds is 2. The van der Waals surface area contributed by atoms with Gasteiger partial charge in [0.15, 0.2) is 0 Å². The van der Waals surface area contributed by atoms with Gasteiger partial charge in [0.1, 0.15) is 5.60 Å². The standard InChI is InChI=1S/C24H16Br2O2/c25-20-21(27)17-13-7-8-14-18(17)24(23(20)26)19(15-9-3-1-4-10-15)22(28-24)16-11-5-2-6-12-16/h1-14,19,22H/t19-,22-,24+/m0/s1. The number of Topliss-reactive ketones (excluding diaryl/α,β-unsaturated/α-hetero) is 1. The lowest BCUT2D eigenvalue weighted by atomic mass is 9.64. The van der Waals surface area contributed by atoms with E-state index in [9.17, 15) is 4.79 Å². The van der Waals surface area contributed by atoms with E-state index in [2.05, 4.69) is 68.3 Å². The zero-order valence-electron chi connectivity index (χ0n) is 14.8. The van der Waals surface area contributed by atoms with Crippen LogP contribution in [0.4, 0.5) is 0 Å². The molecule has 0 N–H and O–H groups in total. The van der Waals surface area contributed by atoms with Crippen molar-refractivity contribution in [2.24, 2.45) is 0 Å². The van der Waals surface area contributed by atoms with Crippen LogP contribution in [0, 0.1) is 0 Å². The fraction of sp³-hybridized carbons (Fsp3) is 0.125. The minimum absolute atomic E-state index is 0.0216. The van der Waals surface area contributed by atoms with Crippen LogP contribution >= 0.6 is 31.9 Å². The van der Waals surface area contributed by atoms with Crippen LogP contribution in [-0.2, 0) is 10.3 Å². The van der Waals surface area contributed by atoms with Crippen molar-refractivity contribution in [2.75, 3.05) is 0 Å². The van der Waals surface area contributed by atoms with E-state index in [1.165, 1.54) is 5.56 Å². The second kappa shape index (κ2) is 6.80. The van der Waals surface area contributed by atoms with Gasteiger partial charge in [-0.05, 0) is 27.1 Å². The number of benzene rings is 3. The molecule has 1 aliphatic carbocycles. The quantitative estimate of drug-likeness (QED) is 0.398. The molecule has 138 valence electrons. The highest BCUT2D eigenvalue weighted by molar-refractivity contribution is 9.14. The minimum atomic E-state index is -0.731. The number of allylic oxidation sites excluding steroid dienone is 1. The summed E-state index contributed by atoms with van der Waals surface area (Å²) in [6.07, 6.45) is -0.0993. The van der Waals surface area contributed by atoms with Crippen LogP contribution in [0.15, 0.2) is 93.9 Å². The SMILES string of the molecule is O=C1C(Br)=C(Br)[C@@]2(O[C@@H](c3ccccc3)[C@@H]2c2ccccc2)c2ccccc21. The van der Waals surface area contributed by atoms with Gasteiger partial charge in [-0.25, -0.2) is 0 Å². The maximum atomic E-state index is 12.9. The van der Waals surface area contributed by atoms with E-state index in [0.29, 0.717) is 10.0 Å². The Morgan fingerprint density at radius 3 is 2.00 bits per heavy atom. The number of ketones is 1. The van der Waals surface area contributed by atoms with Gasteiger partial charge < -0.3 is 4.74 Å². The first-order chi connectivity index (χ1) is 13.6. The van der Waals surface area contributed by atoms with Crippen molar-refractivity contribution >= 4 is 37.6 Å². The topological polar surface area (TPSA) is 26.3 Å². The number of carbonyl (C=O) groups is 1. The Morgan fingerprint density at radius 1 is 0.750 bits per heavy atom. The van der Waals surface area contributed by atoms with E-state index in [1.54, 1.807) is 0 Å². The van der Waals surface area contributed by atoms with E-state index < -0.39 is 5.60 Å². The van der Waals surface area contributed by atoms with E-state index in [-0.39, 0.29) is 17.8 Å². The van der Waals surface area contributed by atoms with Crippen molar-refractivity contribution in [1.29, 1.82) is 0 Å². The predicted octanol–water partition coefficient (Wildman–Crippen LogP) is 6.63. The third kappa shape index (κ3) is 2.45. The number of hydrogen-bond acceptors (Lipinski definition) is 2. The van der Waals surface area contributed by atoms with E-state index in [1.807, 2.05) is 48.5 Å². The van der Waals surface area contributed by atoms with Crippen LogP contribution in [0.3, 0.4) is 0 Å². The van der Waals surface area contributed by atoms with Gasteiger partial charge in [-0.1, -0.05) is 101 Å². The first kappa shape index (κ1) is 18.0. The largest absolute Gasteiger partial charge is 0.355 e. The Bertz CT molecular complexity index is 1090. The van der Waals surface area contributed by atoms with Crippen LogP contribution in [0.25, 0.3) is 0 Å². The lowest BCUT2D eigenvalue weighted by molar-refractivity contribution is -0.214. The van der Waals surface area contributed by atoms with Gasteiger partial charge in [0.25, 0.3) is 0 Å². The molecule has 1 saturated heterocycles. The van der Waals surface area contributed by atoms with Gasteiger partial charge in [0.05, 0.1) is 21.0 Å². The molecular weight excluding hydrogens is 480 g/mol. The highest BCUT2D eigenvalue weighted by Gasteiger charge is 2.62. The highest BCUT2D eigenvalue weighted by Crippen LogP contribution is 2.66. The molecule has 0 bridgehead atoms. The van der Waals surface area contributed by atoms with Crippen molar-refractivity contribution in [3.8, 4) is 0 Å². The zero-order chi connectivity index (χ0) is 19.3. The number of hydrogen-bond donors (Lipinski definition) is 0. The Kier molecular flexibility index (Phi) is 4.38. The van der Waals surface area contributed by atoms with Crippen LogP contribution in [0.1, 0.15) is 39.1 Å². The molecule has 0 amide bonds. The molecule has 3 aromatic carbocycles. The average molecular weight is 496 g/mol. The molecule has 3 aromatic rings. The van der Waals surface area contributed by atoms with Gasteiger partial charge in [-0.3, -0.25) is 4.79 Å². The fourth-order valence-corrected chi connectivity index (χ4v) is 5.62. The van der Waals surface area contributed by atoms with Gasteiger partial charge >= 0.3 is 0 Å². The molecule has 1 heterocycles. The molecule has 4 heteroatoms. The lowest BCUT2D eigenvalue weighted by Crippen LogP contribution is -2.53. The van der Waals surface area contributed by atoms with Gasteiger partial charge in [-0.2, -0.15) is 0 Å². The molecule has 28 heavy (non-hydrogen) atoms. The molecule has 1 aliphatic heterocycles. The Labute approximate surface area is 180 Å². The maximum absolute atomic E-state index is 12.9. The van der Waals surface area contributed by atoms with Crippen molar-refractivity contribution in [2.45, 2.75) is 17.6 Å². The molecule has 0 unspecified atom stereocenters. The second-order valence-electron chi connectivity index (χ2n) is 7.08. The van der Waals surface area contributed by atoms with E-state index in [0.717, 1.165) is 15.6 Å². The van der Waals surface area contributed by atoms with Crippen LogP contribution in [0.2, 0.25) is 0 Å². The number of ether oxygens (including phenoxy) is 1. The predicted molar refractivity (Wildman–Crippen MR) is 117 cm³/mol. The van der Waals surface area contributed by atoms with Crippen LogP contribution < -0.4 is 0 Å². The summed E-state index contributed by atoms with van der Waals surface area (Å²) in [6, 6.07) is 28.4. The maximum Gasteiger partial charge on any atom is 0.201 e. The molecule has 5 rings (SSSR count). The third-order valence-electron chi connectivity index (χ3n) is 5.63. The molecule has 2 aliphatic rings. The number of halogens is 2. The third-order valence-corrected chi connectivity index (χ3v) is 7.90. The Hall–Kier alpha value is -2.01. The monoisotopic (exact) mass is 494 g/mol. The smallest absolute Gasteiger partial charge is 0.201 e. The Balaban J connectivity index is 1.75. The fourth-order valence-electron chi connectivity index (χ4n) is 4.38. The average Bonchev–Trinajstić information content (AvgIpc) is 2.73. The van der Waals surface area contributed by atoms with Crippen LogP contribution in [0.5, 0.6) is 0 Å². The summed E-state index contributed by atoms with van der Waals surface area (Å²) in [5, 5.41) is 0. The molecule has 3 atom stereocenters. The molecule has 0 aromatic heterocycles. The molecule has 0 radical (unpaired) electrons. The molecular formula is C24H16Br2O2. The van der Waals surface area contributed by atoms with Crippen molar-refractivity contribution < 1.29 is 9.53 Å². The van der Waals surface area contributed by atoms with Crippen molar-refractivity contribution in [3.63, 3.8) is 0 Å². The first-order valence-electron chi connectivity index (χ1n) is 9.12. The normalized spacial score (nSPS) is 26.1. The van der Waals surface area contributed by atoms with Gasteiger partial charge in [0.2, 0.25) is 5.78 Å². The summed E-state index contributed by atoms with van der Waals surface area (Å²) in [4.78, 5) is 12.9. The lowest BCUT2D eigenvalue weighted by Gasteiger charge is -2.57. The molecule has 2 nitrogen and oxygen atoms in total. The minimum Gasteiger partial charge on any atom is -0.355 e. The second-order valence-corrected chi connectivity index (χ2v) is 8.66. The summed E-state index contributed by atoms with van der Waals surface area (Å²) in [6.45, 7) is 0. The number of fused-ring (bicyclic) bond motifs is 2. The molecule has 0 saturated carbocycles. The Morgan fingerprint density at radius 2 is 1.32 bits per heavy atom. The summed E-state index contributed by atoms with van der Waals surface area (Å²) in [7, 11) is 0. The summed E-state index contributed by atoms with van der Waals surface area (Å²) >= 11 is 7.24. The molecule has 1 spiro atoms. The summed E-state index contributed by atoms with van der Waals surface area (Å²) in [5.41, 5.74) is 3.18. The summed E-state index contributed by atoms with van der Waals surface area (Å²) < 4.78 is 7.97. The summed E-state index contributed by atoms with van der Waals surface area (Å²) in [5.74, 6) is 0.0129. The van der Waals surface area contributed by atoms with E-state index in [4.69, 9.17) is 4.74 Å². The van der Waals surface area contributed by atoms with Crippen molar-refractivity contribution in [1.82, 2.24) is 0 Å². The van der Waals surface area contributed by atoms with Crippen molar-refractivity contribution in [3.05, 3.63) is 116 Å². The molecule has 1 fully saturated rings. The van der Waals surface area contributed by atoms with Gasteiger partial charge in [-0.15, -0.1) is 0 Å².